The summed E-state index contributed by atoms with van der Waals surface area (Å²) in [5.41, 5.74) is 1.30. The van der Waals surface area contributed by atoms with Crippen LogP contribution in [0, 0.1) is 0 Å². The summed E-state index contributed by atoms with van der Waals surface area (Å²) < 4.78 is 2.95. The quantitative estimate of drug-likeness (QED) is 0.474. The lowest BCUT2D eigenvalue weighted by atomic mass is 10.1. The van der Waals surface area contributed by atoms with Gasteiger partial charge in [0.05, 0.1) is 0 Å². The van der Waals surface area contributed by atoms with Crippen LogP contribution in [0.4, 0.5) is 5.69 Å². The highest BCUT2D eigenvalue weighted by Gasteiger charge is 2.11. The number of rotatable bonds is 10. The van der Waals surface area contributed by atoms with E-state index in [2.05, 4.69) is 40.8 Å². The van der Waals surface area contributed by atoms with Gasteiger partial charge in [0.15, 0.2) is 0 Å². The van der Waals surface area contributed by atoms with E-state index in [4.69, 9.17) is 0 Å². The van der Waals surface area contributed by atoms with Gasteiger partial charge in [0, 0.05) is 30.1 Å². The number of amides is 1. The van der Waals surface area contributed by atoms with Crippen molar-refractivity contribution in [3.05, 3.63) is 24.3 Å². The molecule has 1 aliphatic rings. The van der Waals surface area contributed by atoms with Gasteiger partial charge >= 0.3 is 0 Å². The molecule has 4 heteroatoms. The van der Waals surface area contributed by atoms with Crippen LogP contribution in [0.3, 0.4) is 0 Å². The summed E-state index contributed by atoms with van der Waals surface area (Å²) in [5.74, 6) is 0.147. The average molecular weight is 335 g/mol. The summed E-state index contributed by atoms with van der Waals surface area (Å²) in [6.07, 6.45) is 10.6. The lowest BCUT2D eigenvalue weighted by molar-refractivity contribution is -0.119. The zero-order valence-corrected chi connectivity index (χ0v) is 15.2. The Labute approximate surface area is 145 Å². The number of carbonyl (C=O) groups is 1. The Hall–Kier alpha value is -1.16. The lowest BCUT2D eigenvalue weighted by Gasteiger charge is -2.17. The minimum absolute atomic E-state index is 0.147. The normalized spacial score (nSPS) is 14.2. The first-order chi connectivity index (χ1) is 11.3. The predicted octanol–water partition coefficient (Wildman–Crippen LogP) is 5.16. The fourth-order valence-electron chi connectivity index (χ4n) is 2.93. The van der Waals surface area contributed by atoms with Gasteiger partial charge in [0.1, 0.15) is 0 Å². The third-order valence-corrected chi connectivity index (χ3v) is 5.19. The van der Waals surface area contributed by atoms with Crippen molar-refractivity contribution in [2.24, 2.45) is 0 Å². The van der Waals surface area contributed by atoms with Crippen molar-refractivity contribution < 1.29 is 4.79 Å². The first-order valence-corrected chi connectivity index (χ1v) is 9.92. The molecule has 0 atom stereocenters. The van der Waals surface area contributed by atoms with Gasteiger partial charge in [-0.3, -0.25) is 9.52 Å². The Morgan fingerprint density at radius 3 is 2.39 bits per heavy atom. The number of benzene rings is 1. The van der Waals surface area contributed by atoms with Crippen LogP contribution in [0.25, 0.3) is 0 Å². The molecule has 0 saturated carbocycles. The van der Waals surface area contributed by atoms with Gasteiger partial charge in [0.25, 0.3) is 0 Å². The summed E-state index contributed by atoms with van der Waals surface area (Å²) >= 11 is 1.43. The predicted molar refractivity (Wildman–Crippen MR) is 99.9 cm³/mol. The Kier molecular flexibility index (Phi) is 8.37. The summed E-state index contributed by atoms with van der Waals surface area (Å²) in [7, 11) is 0. The van der Waals surface area contributed by atoms with Crippen molar-refractivity contribution in [2.75, 3.05) is 18.0 Å². The van der Waals surface area contributed by atoms with Crippen LogP contribution in [-0.2, 0) is 4.79 Å². The molecule has 23 heavy (non-hydrogen) atoms. The van der Waals surface area contributed by atoms with E-state index in [1.807, 2.05) is 0 Å². The molecular weight excluding hydrogens is 304 g/mol. The zero-order chi connectivity index (χ0) is 16.3. The van der Waals surface area contributed by atoms with E-state index in [-0.39, 0.29) is 5.91 Å². The number of anilines is 1. The topological polar surface area (TPSA) is 32.3 Å². The molecule has 1 saturated heterocycles. The molecule has 1 fully saturated rings. The second-order valence-corrected chi connectivity index (χ2v) is 7.21. The monoisotopic (exact) mass is 334 g/mol. The van der Waals surface area contributed by atoms with E-state index in [9.17, 15) is 4.79 Å². The molecule has 3 nitrogen and oxygen atoms in total. The summed E-state index contributed by atoms with van der Waals surface area (Å²) in [5, 5.41) is 0. The van der Waals surface area contributed by atoms with E-state index < -0.39 is 0 Å². The van der Waals surface area contributed by atoms with Crippen LogP contribution in [0.1, 0.15) is 64.7 Å². The van der Waals surface area contributed by atoms with Gasteiger partial charge in [-0.05, 0) is 55.5 Å². The smallest absolute Gasteiger partial charge is 0.230 e. The van der Waals surface area contributed by atoms with Crippen molar-refractivity contribution >= 4 is 23.5 Å². The van der Waals surface area contributed by atoms with Crippen molar-refractivity contribution in [1.82, 2.24) is 4.72 Å². The molecule has 1 aromatic carbocycles. The van der Waals surface area contributed by atoms with Gasteiger partial charge in [-0.1, -0.05) is 39.0 Å². The Bertz CT molecular complexity index is 455. The molecule has 1 N–H and O–H groups in total. The maximum absolute atomic E-state index is 11.8. The molecule has 1 heterocycles. The van der Waals surface area contributed by atoms with Crippen LogP contribution in [0.5, 0.6) is 0 Å². The number of nitrogens with one attached hydrogen (secondary N) is 1. The Morgan fingerprint density at radius 2 is 1.70 bits per heavy atom. The second kappa shape index (κ2) is 10.6. The van der Waals surface area contributed by atoms with Gasteiger partial charge in [-0.25, -0.2) is 0 Å². The SMILES string of the molecule is CCCCCCCCC(=O)NSc1ccc(N2CCCC2)cc1. The average Bonchev–Trinajstić information content (AvgIpc) is 3.11. The summed E-state index contributed by atoms with van der Waals surface area (Å²) in [4.78, 5) is 15.4. The Balaban J connectivity index is 1.60. The van der Waals surface area contributed by atoms with Gasteiger partial charge in [-0.2, -0.15) is 0 Å². The van der Waals surface area contributed by atoms with Crippen molar-refractivity contribution in [3.8, 4) is 0 Å². The van der Waals surface area contributed by atoms with Crippen LogP contribution >= 0.6 is 11.9 Å². The van der Waals surface area contributed by atoms with Gasteiger partial charge in [0.2, 0.25) is 5.91 Å². The van der Waals surface area contributed by atoms with Gasteiger partial charge in [-0.15, -0.1) is 0 Å². The molecule has 0 spiro atoms. The number of nitrogens with zero attached hydrogens (tertiary/aromatic N) is 1. The molecule has 0 aliphatic carbocycles. The lowest BCUT2D eigenvalue weighted by Crippen LogP contribution is -2.17. The van der Waals surface area contributed by atoms with E-state index >= 15 is 0 Å². The minimum Gasteiger partial charge on any atom is -0.372 e. The summed E-state index contributed by atoms with van der Waals surface area (Å²) in [6, 6.07) is 8.52. The zero-order valence-electron chi connectivity index (χ0n) is 14.4. The Morgan fingerprint density at radius 1 is 1.04 bits per heavy atom. The van der Waals surface area contributed by atoms with Crippen LogP contribution in [0.2, 0.25) is 0 Å². The molecule has 1 amide bonds. The van der Waals surface area contributed by atoms with E-state index in [0.29, 0.717) is 6.42 Å². The molecule has 128 valence electrons. The van der Waals surface area contributed by atoms with Crippen LogP contribution in [0.15, 0.2) is 29.2 Å². The number of hydrogen-bond donors (Lipinski definition) is 1. The number of carbonyl (C=O) groups excluding carboxylic acids is 1. The highest BCUT2D eigenvalue weighted by molar-refractivity contribution is 7.98. The van der Waals surface area contributed by atoms with E-state index in [1.54, 1.807) is 0 Å². The van der Waals surface area contributed by atoms with Crippen molar-refractivity contribution in [1.29, 1.82) is 0 Å². The first kappa shape index (κ1) is 18.2. The highest BCUT2D eigenvalue weighted by atomic mass is 32.2. The maximum atomic E-state index is 11.8. The third-order valence-electron chi connectivity index (χ3n) is 4.35. The molecule has 0 unspecified atom stereocenters. The molecule has 1 aliphatic heterocycles. The highest BCUT2D eigenvalue weighted by Crippen LogP contribution is 2.23. The van der Waals surface area contributed by atoms with Gasteiger partial charge < -0.3 is 4.90 Å². The fourth-order valence-corrected chi connectivity index (χ4v) is 3.54. The largest absolute Gasteiger partial charge is 0.372 e. The van der Waals surface area contributed by atoms with Crippen molar-refractivity contribution in [2.45, 2.75) is 69.6 Å². The molecule has 1 aromatic rings. The van der Waals surface area contributed by atoms with Crippen LogP contribution < -0.4 is 9.62 Å². The summed E-state index contributed by atoms with van der Waals surface area (Å²) in [6.45, 7) is 4.56. The molecule has 0 bridgehead atoms. The standard InChI is InChI=1S/C19H30N2OS/c1-2-3-4-5-6-7-10-19(22)20-23-18-13-11-17(12-14-18)21-15-8-9-16-21/h11-14H,2-10,15-16H2,1H3,(H,20,22). The molecule has 2 rings (SSSR count). The third kappa shape index (κ3) is 6.86. The molecule has 0 aromatic heterocycles. The maximum Gasteiger partial charge on any atom is 0.230 e. The number of unbranched alkanes of at least 4 members (excludes halogenated alkanes) is 5. The number of hydrogen-bond acceptors (Lipinski definition) is 3. The van der Waals surface area contributed by atoms with E-state index in [0.717, 1.165) is 11.3 Å². The molecule has 0 radical (unpaired) electrons. The second-order valence-electron chi connectivity index (χ2n) is 6.33. The fraction of sp³-hybridized carbons (Fsp3) is 0.632. The molecular formula is C19H30N2OS. The van der Waals surface area contributed by atoms with Crippen LogP contribution in [-0.4, -0.2) is 19.0 Å². The first-order valence-electron chi connectivity index (χ1n) is 9.10. The van der Waals surface area contributed by atoms with Crippen molar-refractivity contribution in [3.63, 3.8) is 0 Å². The van der Waals surface area contributed by atoms with E-state index in [1.165, 1.54) is 75.7 Å². The minimum atomic E-state index is 0.147.